The average molecular weight is 386 g/mol. The molecule has 1 saturated heterocycles. The van der Waals surface area contributed by atoms with E-state index >= 15 is 0 Å². The molecule has 0 bridgehead atoms. The smallest absolute Gasteiger partial charge is 0.226 e. The molecule has 22 heavy (non-hydrogen) atoms. The lowest BCUT2D eigenvalue weighted by Gasteiger charge is -2.35. The van der Waals surface area contributed by atoms with E-state index in [-0.39, 0.29) is 5.91 Å². The van der Waals surface area contributed by atoms with Crippen molar-refractivity contribution in [3.8, 4) is 5.75 Å². The summed E-state index contributed by atoms with van der Waals surface area (Å²) >= 11 is 8.36. The van der Waals surface area contributed by atoms with Gasteiger partial charge in [-0.25, -0.2) is 0 Å². The summed E-state index contributed by atoms with van der Waals surface area (Å²) < 4.78 is 6.71. The number of benzene rings is 1. The second kappa shape index (κ2) is 7.78. The number of piperazine rings is 1. The number of amides is 1. The van der Waals surface area contributed by atoms with Crippen molar-refractivity contribution in [2.45, 2.75) is 13.3 Å². The molecule has 0 radical (unpaired) electrons. The molecule has 0 aliphatic carbocycles. The summed E-state index contributed by atoms with van der Waals surface area (Å²) in [6, 6.07) is 5.83. The number of nitrogens with zero attached hydrogens (tertiary/aromatic N) is 2. The Bertz CT molecular complexity index is 560. The molecule has 2 rings (SSSR count). The summed E-state index contributed by atoms with van der Waals surface area (Å²) in [6.07, 6.45) is 0.378. The van der Waals surface area contributed by atoms with Gasteiger partial charge in [0.15, 0.2) is 5.11 Å². The normalized spacial score (nSPS) is 14.8. The Hall–Kier alpha value is -1.34. The molecular weight excluding hydrogens is 366 g/mol. The van der Waals surface area contributed by atoms with E-state index in [1.807, 2.05) is 34.9 Å². The quantitative estimate of drug-likeness (QED) is 0.802. The maximum absolute atomic E-state index is 12.2. The largest absolute Gasteiger partial charge is 0.493 e. The lowest BCUT2D eigenvalue weighted by molar-refractivity contribution is -0.132. The van der Waals surface area contributed by atoms with Crippen LogP contribution in [0.5, 0.6) is 5.75 Å². The van der Waals surface area contributed by atoms with Gasteiger partial charge in [0, 0.05) is 30.7 Å². The monoisotopic (exact) mass is 385 g/mol. The highest BCUT2D eigenvalue weighted by Crippen LogP contribution is 2.22. The minimum atomic E-state index is 0.109. The van der Waals surface area contributed by atoms with Crippen molar-refractivity contribution in [3.63, 3.8) is 0 Å². The maximum atomic E-state index is 12.2. The molecule has 1 heterocycles. The minimum Gasteiger partial charge on any atom is -0.493 e. The third kappa shape index (κ3) is 4.58. The van der Waals surface area contributed by atoms with Crippen LogP contribution in [-0.2, 0) is 4.79 Å². The summed E-state index contributed by atoms with van der Waals surface area (Å²) in [6.45, 7) is 5.09. The van der Waals surface area contributed by atoms with Crippen molar-refractivity contribution in [2.24, 2.45) is 5.73 Å². The lowest BCUT2D eigenvalue weighted by Crippen LogP contribution is -2.52. The zero-order chi connectivity index (χ0) is 16.1. The molecule has 0 spiro atoms. The highest BCUT2D eigenvalue weighted by molar-refractivity contribution is 9.10. The van der Waals surface area contributed by atoms with E-state index < -0.39 is 0 Å². The fraction of sp³-hybridized carbons (Fsp3) is 0.467. The zero-order valence-electron chi connectivity index (χ0n) is 12.5. The number of halogens is 1. The Morgan fingerprint density at radius 2 is 1.95 bits per heavy atom. The van der Waals surface area contributed by atoms with E-state index in [1.165, 1.54) is 0 Å². The molecule has 0 saturated carbocycles. The predicted octanol–water partition coefficient (Wildman–Crippen LogP) is 1.91. The van der Waals surface area contributed by atoms with Crippen LogP contribution in [0.15, 0.2) is 22.7 Å². The first-order chi connectivity index (χ1) is 10.5. The van der Waals surface area contributed by atoms with Crippen LogP contribution in [0.4, 0.5) is 0 Å². The molecule has 7 heteroatoms. The Balaban J connectivity index is 1.75. The number of rotatable bonds is 4. The van der Waals surface area contributed by atoms with Gasteiger partial charge in [-0.2, -0.15) is 0 Å². The van der Waals surface area contributed by atoms with E-state index in [1.54, 1.807) is 0 Å². The van der Waals surface area contributed by atoms with Crippen molar-refractivity contribution >= 4 is 39.2 Å². The fourth-order valence-corrected chi connectivity index (χ4v) is 3.02. The van der Waals surface area contributed by atoms with Gasteiger partial charge in [-0.1, -0.05) is 15.9 Å². The Kier molecular flexibility index (Phi) is 6.02. The number of carbonyl (C=O) groups excluding carboxylic acids is 1. The summed E-state index contributed by atoms with van der Waals surface area (Å²) in [7, 11) is 0. The maximum Gasteiger partial charge on any atom is 0.226 e. The molecule has 2 N–H and O–H groups in total. The van der Waals surface area contributed by atoms with Crippen LogP contribution in [-0.4, -0.2) is 53.6 Å². The zero-order valence-corrected chi connectivity index (χ0v) is 15.0. The Labute approximate surface area is 144 Å². The van der Waals surface area contributed by atoms with Crippen molar-refractivity contribution in [3.05, 3.63) is 28.2 Å². The van der Waals surface area contributed by atoms with E-state index in [4.69, 9.17) is 22.7 Å². The Morgan fingerprint density at radius 1 is 1.32 bits per heavy atom. The number of ether oxygens (including phenoxy) is 1. The van der Waals surface area contributed by atoms with Gasteiger partial charge in [0.2, 0.25) is 5.91 Å². The summed E-state index contributed by atoms with van der Waals surface area (Å²) in [5, 5.41) is 0.404. The number of aryl methyl sites for hydroxylation is 1. The molecule has 0 unspecified atom stereocenters. The van der Waals surface area contributed by atoms with E-state index in [0.29, 0.717) is 44.3 Å². The minimum absolute atomic E-state index is 0.109. The van der Waals surface area contributed by atoms with Gasteiger partial charge in [0.25, 0.3) is 0 Å². The number of hydrogen-bond acceptors (Lipinski definition) is 3. The molecule has 1 fully saturated rings. The molecule has 0 atom stereocenters. The molecular formula is C15H20BrN3O2S. The summed E-state index contributed by atoms with van der Waals surface area (Å²) in [5.41, 5.74) is 6.64. The van der Waals surface area contributed by atoms with Gasteiger partial charge < -0.3 is 20.3 Å². The van der Waals surface area contributed by atoms with Gasteiger partial charge in [-0.15, -0.1) is 0 Å². The van der Waals surface area contributed by atoms with Gasteiger partial charge in [-0.05, 0) is 42.9 Å². The van der Waals surface area contributed by atoms with Crippen molar-refractivity contribution in [2.75, 3.05) is 32.8 Å². The topological polar surface area (TPSA) is 58.8 Å². The van der Waals surface area contributed by atoms with E-state index in [0.717, 1.165) is 15.8 Å². The molecule has 1 aromatic rings. The van der Waals surface area contributed by atoms with Crippen molar-refractivity contribution in [1.29, 1.82) is 0 Å². The summed E-state index contributed by atoms with van der Waals surface area (Å²) in [5.74, 6) is 0.923. The number of nitrogens with two attached hydrogens (primary N) is 1. The molecule has 120 valence electrons. The van der Waals surface area contributed by atoms with Crippen LogP contribution in [0.3, 0.4) is 0 Å². The number of thiocarbonyl (C=S) groups is 1. The highest BCUT2D eigenvalue weighted by Gasteiger charge is 2.21. The standard InChI is InChI=1S/C15H20BrN3O2S/c1-11-10-12(16)2-3-13(11)21-9-4-14(20)18-5-7-19(8-6-18)15(17)22/h2-3,10H,4-9H2,1H3,(H2,17,22). The first-order valence-electron chi connectivity index (χ1n) is 7.18. The molecule has 1 aromatic carbocycles. The van der Waals surface area contributed by atoms with Crippen LogP contribution < -0.4 is 10.5 Å². The van der Waals surface area contributed by atoms with Crippen LogP contribution in [0, 0.1) is 6.92 Å². The second-order valence-electron chi connectivity index (χ2n) is 5.21. The molecule has 5 nitrogen and oxygen atoms in total. The van der Waals surface area contributed by atoms with Crippen LogP contribution in [0.1, 0.15) is 12.0 Å². The number of carbonyl (C=O) groups is 1. The van der Waals surface area contributed by atoms with E-state index in [9.17, 15) is 4.79 Å². The van der Waals surface area contributed by atoms with Crippen molar-refractivity contribution < 1.29 is 9.53 Å². The third-order valence-electron chi connectivity index (χ3n) is 3.65. The number of hydrogen-bond donors (Lipinski definition) is 1. The first-order valence-corrected chi connectivity index (χ1v) is 8.38. The predicted molar refractivity (Wildman–Crippen MR) is 93.9 cm³/mol. The third-order valence-corrected chi connectivity index (χ3v) is 4.41. The Morgan fingerprint density at radius 3 is 2.55 bits per heavy atom. The molecule has 1 amide bonds. The molecule has 1 aliphatic heterocycles. The van der Waals surface area contributed by atoms with Gasteiger partial charge >= 0.3 is 0 Å². The van der Waals surface area contributed by atoms with Crippen LogP contribution in [0.2, 0.25) is 0 Å². The average Bonchev–Trinajstić information content (AvgIpc) is 2.49. The SMILES string of the molecule is Cc1cc(Br)ccc1OCCC(=O)N1CCN(C(N)=S)CC1. The van der Waals surface area contributed by atoms with Crippen LogP contribution >= 0.6 is 28.1 Å². The molecule has 1 aliphatic rings. The van der Waals surface area contributed by atoms with E-state index in [2.05, 4.69) is 15.9 Å². The van der Waals surface area contributed by atoms with Gasteiger partial charge in [-0.3, -0.25) is 4.79 Å². The van der Waals surface area contributed by atoms with Crippen molar-refractivity contribution in [1.82, 2.24) is 9.80 Å². The van der Waals surface area contributed by atoms with Crippen LogP contribution in [0.25, 0.3) is 0 Å². The first kappa shape index (κ1) is 17.0. The van der Waals surface area contributed by atoms with Gasteiger partial charge in [0.05, 0.1) is 13.0 Å². The molecule has 0 aromatic heterocycles. The fourth-order valence-electron chi connectivity index (χ4n) is 2.36. The summed E-state index contributed by atoms with van der Waals surface area (Å²) in [4.78, 5) is 15.9. The second-order valence-corrected chi connectivity index (χ2v) is 6.55. The lowest BCUT2D eigenvalue weighted by atomic mass is 10.2. The van der Waals surface area contributed by atoms with Gasteiger partial charge in [0.1, 0.15) is 5.75 Å². The highest BCUT2D eigenvalue weighted by atomic mass is 79.9.